The second-order valence-electron chi connectivity index (χ2n) is 20.1. The van der Waals surface area contributed by atoms with Crippen molar-refractivity contribution in [2.75, 3.05) is 0 Å². The van der Waals surface area contributed by atoms with E-state index in [1.54, 1.807) is 0 Å². The van der Waals surface area contributed by atoms with E-state index in [-0.39, 0.29) is 76.5 Å². The van der Waals surface area contributed by atoms with Crippen molar-refractivity contribution in [1.82, 2.24) is 0 Å². The van der Waals surface area contributed by atoms with Crippen LogP contribution in [0.4, 0.5) is 0 Å². The first-order chi connectivity index (χ1) is 39.2. The van der Waals surface area contributed by atoms with Gasteiger partial charge in [0.25, 0.3) is 0 Å². The summed E-state index contributed by atoms with van der Waals surface area (Å²) in [6.45, 7) is 13.0. The smallest absolute Gasteiger partial charge is 0.0773 e. The van der Waals surface area contributed by atoms with E-state index in [0.29, 0.717) is 0 Å². The van der Waals surface area contributed by atoms with Gasteiger partial charge < -0.3 is 24.8 Å². The van der Waals surface area contributed by atoms with Crippen LogP contribution in [0, 0.1) is 27.7 Å². The zero-order valence-corrected chi connectivity index (χ0v) is 59.3. The van der Waals surface area contributed by atoms with E-state index in [2.05, 4.69) is 332 Å². The van der Waals surface area contributed by atoms with Crippen LogP contribution in [-0.4, -0.2) is 19.0 Å². The van der Waals surface area contributed by atoms with E-state index in [0.717, 1.165) is 19.0 Å². The molecule has 84 heavy (non-hydrogen) atoms. The minimum Gasteiger partial charge on any atom is -1.00 e. The van der Waals surface area contributed by atoms with Crippen LogP contribution in [0.3, 0.4) is 0 Å². The van der Waals surface area contributed by atoms with Gasteiger partial charge in [-0.2, -0.15) is 24.3 Å². The van der Waals surface area contributed by atoms with Crippen LogP contribution < -0.4 is 35.2 Å². The predicted molar refractivity (Wildman–Crippen MR) is 354 cm³/mol. The summed E-state index contributed by atoms with van der Waals surface area (Å²) in [6, 6.07) is 107. The van der Waals surface area contributed by atoms with Gasteiger partial charge in [0.05, 0.1) is 19.0 Å². The monoisotopic (exact) mass is 1490 g/mol. The number of aryl methyl sites for hydroxylation is 4. The molecule has 0 nitrogen and oxygen atoms in total. The summed E-state index contributed by atoms with van der Waals surface area (Å²) in [7, 11) is 1.86. The van der Waals surface area contributed by atoms with E-state index in [4.69, 9.17) is 0 Å². The normalized spacial score (nSPS) is 9.98. The number of fused-ring (bicyclic) bond motifs is 4. The Bertz CT molecular complexity index is 3610. The van der Waals surface area contributed by atoms with Crippen molar-refractivity contribution < 1.29 is 76.5 Å². The Hall–Kier alpha value is -6.61. The summed E-state index contributed by atoms with van der Waals surface area (Å²) in [5.74, 6) is 0. The Morgan fingerprint density at radius 3 is 0.607 bits per heavy atom. The first-order valence-corrected chi connectivity index (χ1v) is 30.6. The Labute approximate surface area is 554 Å². The van der Waals surface area contributed by atoms with Gasteiger partial charge in [0.1, 0.15) is 0 Å². The second-order valence-corrected chi connectivity index (χ2v) is 22.2. The predicted octanol–water partition coefficient (Wildman–Crippen LogP) is 14.3. The number of benzene rings is 10. The van der Waals surface area contributed by atoms with Gasteiger partial charge in [-0.25, -0.2) is 0 Å². The third-order valence-electron chi connectivity index (χ3n) is 14.0. The van der Waals surface area contributed by atoms with Crippen molar-refractivity contribution in [3.05, 3.63) is 326 Å². The molecule has 0 spiro atoms. The minimum atomic E-state index is 0. The Morgan fingerprint density at radius 2 is 0.429 bits per heavy atom. The van der Waals surface area contributed by atoms with Gasteiger partial charge in [0.2, 0.25) is 0 Å². The molecule has 14 aromatic carbocycles. The summed E-state index contributed by atoms with van der Waals surface area (Å²) in [5, 5.41) is 13.6. The van der Waals surface area contributed by atoms with Crippen LogP contribution >= 0.6 is 0 Å². The van der Waals surface area contributed by atoms with Gasteiger partial charge in [-0.3, -0.25) is 0 Å². The van der Waals surface area contributed by atoms with Crippen LogP contribution in [0.5, 0.6) is 0 Å². The van der Waals surface area contributed by atoms with Gasteiger partial charge in [-0.1, -0.05) is 280 Å². The molecule has 4 radical (unpaired) electrons. The summed E-state index contributed by atoms with van der Waals surface area (Å²) in [6.07, 6.45) is 0. The van der Waals surface area contributed by atoms with E-state index in [1.165, 1.54) is 120 Å². The quantitative estimate of drug-likeness (QED) is 0.115. The van der Waals surface area contributed by atoms with Gasteiger partial charge in [-0.15, -0.1) is 138 Å². The average Bonchev–Trinajstić information content (AvgIpc) is 4.41. The molecule has 14 rings (SSSR count). The number of halogens is 2. The van der Waals surface area contributed by atoms with Crippen molar-refractivity contribution in [3.63, 3.8) is 0 Å². The summed E-state index contributed by atoms with van der Waals surface area (Å²) in [5.41, 5.74) is 15.8. The third-order valence-corrected chi connectivity index (χ3v) is 15.9. The molecule has 0 N–H and O–H groups in total. The molecule has 0 saturated heterocycles. The zero-order valence-electron chi connectivity index (χ0n) is 48.6. The van der Waals surface area contributed by atoms with Crippen molar-refractivity contribution in [2.24, 2.45) is 0 Å². The minimum absolute atomic E-state index is 0. The number of rotatable bonds is 6. The third kappa shape index (κ3) is 18.7. The molecule has 0 bridgehead atoms. The molecular weight excluding hydrogens is 1420 g/mol. The maximum Gasteiger partial charge on any atom is 0.0773 e. The molecule has 0 fully saturated rings. The van der Waals surface area contributed by atoms with Gasteiger partial charge in [0.15, 0.2) is 0 Å². The van der Waals surface area contributed by atoms with E-state index in [9.17, 15) is 0 Å². The molecule has 6 heteroatoms. The molecular formula is C78H68Cl2Hf2Si2-6. The maximum absolute atomic E-state index is 2.26. The van der Waals surface area contributed by atoms with E-state index >= 15 is 0 Å². The summed E-state index contributed by atoms with van der Waals surface area (Å²) >= 11 is 0. The fraction of sp³-hybridized carbons (Fsp3) is 0.0769. The zero-order chi connectivity index (χ0) is 55.5. The first-order valence-electron chi connectivity index (χ1n) is 27.6. The molecule has 14 aromatic rings. The van der Waals surface area contributed by atoms with Gasteiger partial charge >= 0.3 is 0 Å². The number of hydrogen-bond acceptors (Lipinski definition) is 0. The molecule has 0 aromatic heterocycles. The van der Waals surface area contributed by atoms with Crippen molar-refractivity contribution in [1.29, 1.82) is 0 Å². The molecule has 0 atom stereocenters. The fourth-order valence-corrected chi connectivity index (χ4v) is 11.3. The Balaban J connectivity index is 0.000000186. The largest absolute Gasteiger partial charge is 1.00 e. The Morgan fingerprint density at radius 1 is 0.238 bits per heavy atom. The maximum atomic E-state index is 2.26. The molecule has 0 saturated carbocycles. The van der Waals surface area contributed by atoms with E-state index < -0.39 is 0 Å². The SMILES string of the molecule is C[Si]c1ccccc1.C[Si]c1ccccc1.Cc1cc2c(-c3ccccc3)cccc2[cH-]1.Cc1cc2c(-c3ccccc3)cccc2[cH-]1.Cc1cc2c(-c3ccccc3)cccc2[cH-]1.Cc1cc2c(-c3ccccc3)cccc2[cH-]1.[Cl-].[Cl-].[Hf].[Hf]. The van der Waals surface area contributed by atoms with Crippen molar-refractivity contribution in [2.45, 2.75) is 40.8 Å². The van der Waals surface area contributed by atoms with Crippen molar-refractivity contribution in [3.8, 4) is 44.5 Å². The molecule has 416 valence electrons. The Kier molecular flexibility index (Phi) is 28.4. The van der Waals surface area contributed by atoms with Crippen LogP contribution in [0.1, 0.15) is 22.3 Å². The molecule has 0 aliphatic rings. The molecule has 0 heterocycles. The fourth-order valence-electron chi connectivity index (χ4n) is 10.2. The van der Waals surface area contributed by atoms with Crippen LogP contribution in [0.15, 0.2) is 303 Å². The van der Waals surface area contributed by atoms with Crippen LogP contribution in [0.25, 0.3) is 87.6 Å². The van der Waals surface area contributed by atoms with Gasteiger partial charge in [-0.05, 0) is 22.3 Å². The molecule has 0 unspecified atom stereocenters. The molecule has 0 amide bonds. The number of hydrogen-bond donors (Lipinski definition) is 0. The summed E-state index contributed by atoms with van der Waals surface area (Å²) in [4.78, 5) is 0. The van der Waals surface area contributed by atoms with E-state index in [1.807, 2.05) is 12.1 Å². The van der Waals surface area contributed by atoms with Crippen LogP contribution in [0.2, 0.25) is 13.1 Å². The summed E-state index contributed by atoms with van der Waals surface area (Å²) < 4.78 is 0. The van der Waals surface area contributed by atoms with Gasteiger partial charge in [0, 0.05) is 51.7 Å². The average molecular weight is 1490 g/mol. The van der Waals surface area contributed by atoms with Crippen LogP contribution in [-0.2, 0) is 51.7 Å². The van der Waals surface area contributed by atoms with Crippen molar-refractivity contribution >= 4 is 72.5 Å². The topological polar surface area (TPSA) is 0 Å². The second kappa shape index (κ2) is 35.0. The molecule has 0 aliphatic heterocycles. The molecule has 0 aliphatic carbocycles. The first kappa shape index (κ1) is 68.2. The standard InChI is InChI=1S/4C16H13.2C7H8Si.2ClH.2Hf/c4*1-12-10-14-8-5-9-15(16(14)11-12)13-6-3-2-4-7-13;2*1-8-7-5-3-2-4-6-7;;;;/h4*2-11H,1H3;2*2-6H,1H3;2*1H;;/q4*-1;;;;;;/p-2.